The lowest BCUT2D eigenvalue weighted by Gasteiger charge is -2.08. The van der Waals surface area contributed by atoms with Crippen LogP contribution in [-0.4, -0.2) is 39.9 Å². The Bertz CT molecular complexity index is 1160. The number of hydrogen-bond donors (Lipinski definition) is 1. The first-order chi connectivity index (χ1) is 14.2. The number of benzene rings is 1. The monoisotopic (exact) mass is 391 g/mol. The average molecular weight is 391 g/mol. The maximum absolute atomic E-state index is 12.0. The van der Waals surface area contributed by atoms with Gasteiger partial charge in [0.2, 0.25) is 0 Å². The normalized spacial score (nSPS) is 10.6. The zero-order valence-corrected chi connectivity index (χ0v) is 15.7. The summed E-state index contributed by atoms with van der Waals surface area (Å²) in [5, 5.41) is 6.86. The SMILES string of the molecule is COc1cc(-c2ccn3nc(NC(=O)Oc4ccccc4)cc3n2)cnc1OC. The topological polar surface area (TPSA) is 99.9 Å². The molecule has 0 spiro atoms. The zero-order valence-electron chi connectivity index (χ0n) is 15.7. The lowest BCUT2D eigenvalue weighted by Crippen LogP contribution is -2.16. The van der Waals surface area contributed by atoms with Crippen LogP contribution < -0.4 is 19.5 Å². The molecule has 0 aliphatic carbocycles. The second-order valence-corrected chi connectivity index (χ2v) is 5.91. The Kier molecular flexibility index (Phi) is 4.93. The summed E-state index contributed by atoms with van der Waals surface area (Å²) in [7, 11) is 3.07. The Labute approximate surface area is 165 Å². The number of hydrogen-bond acceptors (Lipinski definition) is 7. The van der Waals surface area contributed by atoms with Gasteiger partial charge in [-0.1, -0.05) is 18.2 Å². The smallest absolute Gasteiger partial charge is 0.418 e. The fourth-order valence-electron chi connectivity index (χ4n) is 2.70. The molecule has 146 valence electrons. The molecule has 3 heterocycles. The maximum Gasteiger partial charge on any atom is 0.418 e. The third-order valence-corrected chi connectivity index (χ3v) is 4.04. The summed E-state index contributed by atoms with van der Waals surface area (Å²) < 4.78 is 17.2. The van der Waals surface area contributed by atoms with Crippen LogP contribution in [0.5, 0.6) is 17.4 Å². The Balaban J connectivity index is 1.55. The van der Waals surface area contributed by atoms with Crippen LogP contribution in [0.4, 0.5) is 10.6 Å². The lowest BCUT2D eigenvalue weighted by atomic mass is 10.2. The van der Waals surface area contributed by atoms with Crippen molar-refractivity contribution in [2.75, 3.05) is 19.5 Å². The van der Waals surface area contributed by atoms with Gasteiger partial charge in [0.1, 0.15) is 5.75 Å². The molecule has 0 fully saturated rings. The van der Waals surface area contributed by atoms with Crippen LogP contribution in [0.2, 0.25) is 0 Å². The summed E-state index contributed by atoms with van der Waals surface area (Å²) in [6, 6.07) is 14.0. The molecule has 0 saturated heterocycles. The quantitative estimate of drug-likeness (QED) is 0.556. The van der Waals surface area contributed by atoms with Crippen molar-refractivity contribution in [3.8, 4) is 28.6 Å². The van der Waals surface area contributed by atoms with Crippen LogP contribution in [0.1, 0.15) is 0 Å². The van der Waals surface area contributed by atoms with Crippen LogP contribution in [0.3, 0.4) is 0 Å². The number of fused-ring (bicyclic) bond motifs is 1. The number of methoxy groups -OCH3 is 2. The standard InChI is InChI=1S/C20H17N5O4/c1-27-16-10-13(12-21-19(16)28-2)15-8-9-25-18(22-15)11-17(24-25)23-20(26)29-14-6-4-3-5-7-14/h3-12H,1-2H3,(H,23,24,26). The molecule has 0 saturated carbocycles. The van der Waals surface area contributed by atoms with Gasteiger partial charge in [-0.15, -0.1) is 5.10 Å². The first-order valence-electron chi connectivity index (χ1n) is 8.65. The third-order valence-electron chi connectivity index (χ3n) is 4.04. The molecule has 1 N–H and O–H groups in total. The van der Waals surface area contributed by atoms with Gasteiger partial charge in [0.05, 0.1) is 19.9 Å². The van der Waals surface area contributed by atoms with Gasteiger partial charge in [-0.25, -0.2) is 19.3 Å². The van der Waals surface area contributed by atoms with Crippen LogP contribution in [0, 0.1) is 0 Å². The Hall–Kier alpha value is -4.14. The molecule has 1 aromatic carbocycles. The number of ether oxygens (including phenoxy) is 3. The number of anilines is 1. The Morgan fingerprint density at radius 3 is 2.66 bits per heavy atom. The highest BCUT2D eigenvalue weighted by molar-refractivity contribution is 5.85. The van der Waals surface area contributed by atoms with E-state index in [0.29, 0.717) is 34.5 Å². The number of carbonyl (C=O) groups excluding carboxylic acids is 1. The van der Waals surface area contributed by atoms with Gasteiger partial charge >= 0.3 is 6.09 Å². The summed E-state index contributed by atoms with van der Waals surface area (Å²) in [4.78, 5) is 20.8. The molecule has 4 rings (SSSR count). The van der Waals surface area contributed by atoms with E-state index < -0.39 is 6.09 Å². The van der Waals surface area contributed by atoms with Crippen molar-refractivity contribution in [3.63, 3.8) is 0 Å². The fraction of sp³-hybridized carbons (Fsp3) is 0.100. The minimum Gasteiger partial charge on any atom is -0.491 e. The second-order valence-electron chi connectivity index (χ2n) is 5.91. The number of nitrogens with one attached hydrogen (secondary N) is 1. The number of nitrogens with zero attached hydrogens (tertiary/aromatic N) is 4. The van der Waals surface area contributed by atoms with Gasteiger partial charge in [-0.3, -0.25) is 5.32 Å². The molecule has 0 bridgehead atoms. The Morgan fingerprint density at radius 2 is 1.90 bits per heavy atom. The third kappa shape index (κ3) is 3.93. The van der Waals surface area contributed by atoms with Gasteiger partial charge in [-0.05, 0) is 24.3 Å². The van der Waals surface area contributed by atoms with Crippen molar-refractivity contribution in [2.45, 2.75) is 0 Å². The average Bonchev–Trinajstić information content (AvgIpc) is 3.15. The molecule has 9 heteroatoms. The molecule has 0 aliphatic rings. The van der Waals surface area contributed by atoms with Crippen molar-refractivity contribution >= 4 is 17.6 Å². The van der Waals surface area contributed by atoms with E-state index in [1.54, 1.807) is 66.5 Å². The summed E-state index contributed by atoms with van der Waals surface area (Å²) in [5.41, 5.74) is 1.97. The van der Waals surface area contributed by atoms with E-state index in [9.17, 15) is 4.79 Å². The first-order valence-corrected chi connectivity index (χ1v) is 8.65. The predicted molar refractivity (Wildman–Crippen MR) is 105 cm³/mol. The molecule has 9 nitrogen and oxygen atoms in total. The molecule has 0 aliphatic heterocycles. The van der Waals surface area contributed by atoms with Crippen molar-refractivity contribution in [3.05, 3.63) is 60.9 Å². The van der Waals surface area contributed by atoms with Crippen molar-refractivity contribution < 1.29 is 19.0 Å². The van der Waals surface area contributed by atoms with Crippen LogP contribution in [0.25, 0.3) is 16.9 Å². The number of para-hydroxylation sites is 1. The lowest BCUT2D eigenvalue weighted by molar-refractivity contribution is 0.215. The summed E-state index contributed by atoms with van der Waals surface area (Å²) >= 11 is 0. The van der Waals surface area contributed by atoms with Crippen molar-refractivity contribution in [1.29, 1.82) is 0 Å². The minimum atomic E-state index is -0.635. The molecule has 29 heavy (non-hydrogen) atoms. The molecule has 0 unspecified atom stereocenters. The van der Waals surface area contributed by atoms with E-state index in [4.69, 9.17) is 14.2 Å². The van der Waals surface area contributed by atoms with E-state index in [1.165, 1.54) is 7.11 Å². The zero-order chi connectivity index (χ0) is 20.2. The highest BCUT2D eigenvalue weighted by Gasteiger charge is 2.12. The molecular weight excluding hydrogens is 374 g/mol. The van der Waals surface area contributed by atoms with Crippen LogP contribution in [-0.2, 0) is 0 Å². The van der Waals surface area contributed by atoms with Crippen LogP contribution >= 0.6 is 0 Å². The van der Waals surface area contributed by atoms with E-state index in [2.05, 4.69) is 20.4 Å². The number of aromatic nitrogens is 4. The molecule has 4 aromatic rings. The molecule has 0 radical (unpaired) electrons. The number of pyridine rings is 1. The minimum absolute atomic E-state index is 0.320. The van der Waals surface area contributed by atoms with Gasteiger partial charge in [0, 0.05) is 24.0 Å². The Morgan fingerprint density at radius 1 is 1.07 bits per heavy atom. The van der Waals surface area contributed by atoms with Gasteiger partial charge in [0.25, 0.3) is 5.88 Å². The maximum atomic E-state index is 12.0. The second kappa shape index (κ2) is 7.85. The molecule has 1 amide bonds. The summed E-state index contributed by atoms with van der Waals surface area (Å²) in [5.74, 6) is 1.66. The first kappa shape index (κ1) is 18.2. The van der Waals surface area contributed by atoms with Gasteiger partial charge < -0.3 is 14.2 Å². The van der Waals surface area contributed by atoms with Gasteiger partial charge in [-0.2, -0.15) is 0 Å². The van der Waals surface area contributed by atoms with Crippen LogP contribution in [0.15, 0.2) is 60.9 Å². The van der Waals surface area contributed by atoms with E-state index in [-0.39, 0.29) is 0 Å². The van der Waals surface area contributed by atoms with Crippen molar-refractivity contribution in [1.82, 2.24) is 19.6 Å². The highest BCUT2D eigenvalue weighted by atomic mass is 16.6. The largest absolute Gasteiger partial charge is 0.491 e. The van der Waals surface area contributed by atoms with Gasteiger partial charge in [0.15, 0.2) is 17.2 Å². The molecule has 3 aromatic heterocycles. The number of carbonyl (C=O) groups is 1. The number of rotatable bonds is 5. The predicted octanol–water partition coefficient (Wildman–Crippen LogP) is 3.42. The molecule has 0 atom stereocenters. The fourth-order valence-corrected chi connectivity index (χ4v) is 2.70. The van der Waals surface area contributed by atoms with E-state index in [0.717, 1.165) is 5.56 Å². The number of amides is 1. The highest BCUT2D eigenvalue weighted by Crippen LogP contribution is 2.29. The summed E-state index contributed by atoms with van der Waals surface area (Å²) in [6.45, 7) is 0. The van der Waals surface area contributed by atoms with Crippen molar-refractivity contribution in [2.24, 2.45) is 0 Å². The molecular formula is C20H17N5O4. The van der Waals surface area contributed by atoms with E-state index >= 15 is 0 Å². The van der Waals surface area contributed by atoms with E-state index in [1.807, 2.05) is 6.07 Å². The summed E-state index contributed by atoms with van der Waals surface area (Å²) in [6.07, 6.45) is 2.75.